The van der Waals surface area contributed by atoms with Crippen LogP contribution >= 0.6 is 7.82 Å². The molecule has 0 saturated heterocycles. The van der Waals surface area contributed by atoms with E-state index < -0.39 is 44.7 Å². The van der Waals surface area contributed by atoms with Crippen molar-refractivity contribution in [3.63, 3.8) is 0 Å². The standard InChI is InChI=1S/C48H80NO10P/c1-6-8-10-12-14-15-16-17-18-19-20-21-22-23-24-26-32-38-47(52)56-42-46(43-58-60(54,55)57-41-40-49(3,4)5)59-48(53)39-33-37-45(51)36-31-28-27-30-35-44(50)34-29-25-13-11-9-7-2/h14-15,17-18,20-21,23-25,27-31,35-36,44-46,50-51H,6-13,16,19,22,26,32-34,37-43H2,1-5H3/b15-14-,18-17-,21-20-,24-23-,28-27+,29-25-,35-30+,36-31-/t44-,45-,46+/m0/s1. The van der Waals surface area contributed by atoms with E-state index in [0.29, 0.717) is 36.7 Å². The smallest absolute Gasteiger partial charge is 0.306 e. The van der Waals surface area contributed by atoms with Crippen molar-refractivity contribution in [2.24, 2.45) is 0 Å². The Morgan fingerprint density at radius 2 is 1.15 bits per heavy atom. The molecule has 0 bridgehead atoms. The average Bonchev–Trinajstić information content (AvgIpc) is 3.19. The highest BCUT2D eigenvalue weighted by Gasteiger charge is 2.22. The second-order valence-electron chi connectivity index (χ2n) is 15.8. The lowest BCUT2D eigenvalue weighted by molar-refractivity contribution is -0.870. The molecular weight excluding hydrogens is 781 g/mol. The van der Waals surface area contributed by atoms with Gasteiger partial charge in [0.2, 0.25) is 0 Å². The second-order valence-corrected chi connectivity index (χ2v) is 17.2. The fourth-order valence-corrected chi connectivity index (χ4v) is 5.92. The molecule has 1 unspecified atom stereocenters. The molecule has 60 heavy (non-hydrogen) atoms. The fourth-order valence-electron chi connectivity index (χ4n) is 5.19. The summed E-state index contributed by atoms with van der Waals surface area (Å²) >= 11 is 0. The summed E-state index contributed by atoms with van der Waals surface area (Å²) in [5.74, 6) is -1.15. The highest BCUT2D eigenvalue weighted by atomic mass is 31.2. The number of quaternary nitrogens is 1. The zero-order valence-electron chi connectivity index (χ0n) is 37.6. The molecule has 0 rings (SSSR count). The molecule has 0 radical (unpaired) electrons. The number of hydrogen-bond acceptors (Lipinski definition) is 10. The molecule has 0 aromatic carbocycles. The Balaban J connectivity index is 4.74. The van der Waals surface area contributed by atoms with Gasteiger partial charge in [0.15, 0.2) is 6.10 Å². The average molecular weight is 862 g/mol. The maximum Gasteiger partial charge on any atom is 0.306 e. The molecule has 4 atom stereocenters. The van der Waals surface area contributed by atoms with Gasteiger partial charge in [-0.1, -0.05) is 137 Å². The Hall–Kier alpha value is -3.15. The predicted octanol–water partition coefficient (Wildman–Crippen LogP) is 9.88. The quantitative estimate of drug-likeness (QED) is 0.0153. The Kier molecular flexibility index (Phi) is 36.7. The van der Waals surface area contributed by atoms with Crippen LogP contribution in [-0.4, -0.2) is 92.5 Å². The van der Waals surface area contributed by atoms with Gasteiger partial charge in [0, 0.05) is 12.8 Å². The van der Waals surface area contributed by atoms with Gasteiger partial charge in [0.25, 0.3) is 7.82 Å². The number of rotatable bonds is 38. The first kappa shape index (κ1) is 56.9. The summed E-state index contributed by atoms with van der Waals surface area (Å²) in [7, 11) is 0.963. The summed E-state index contributed by atoms with van der Waals surface area (Å²) in [5, 5.41) is 20.4. The third kappa shape index (κ3) is 41.6. The minimum Gasteiger partial charge on any atom is -0.756 e. The Morgan fingerprint density at radius 1 is 0.633 bits per heavy atom. The van der Waals surface area contributed by atoms with Crippen LogP contribution in [0.4, 0.5) is 0 Å². The third-order valence-corrected chi connectivity index (χ3v) is 9.73. The van der Waals surface area contributed by atoms with E-state index >= 15 is 0 Å². The van der Waals surface area contributed by atoms with Crippen LogP contribution in [0.25, 0.3) is 0 Å². The van der Waals surface area contributed by atoms with Crippen LogP contribution in [0.5, 0.6) is 0 Å². The number of carbonyl (C=O) groups excluding carboxylic acids is 2. The van der Waals surface area contributed by atoms with E-state index in [1.807, 2.05) is 33.3 Å². The molecule has 0 aliphatic heterocycles. The molecule has 0 aromatic rings. The number of unbranched alkanes of at least 4 members (excludes halogenated alkanes) is 7. The molecule has 0 fully saturated rings. The summed E-state index contributed by atoms with van der Waals surface area (Å²) in [5.41, 5.74) is 0. The topological polar surface area (TPSA) is 152 Å². The van der Waals surface area contributed by atoms with Crippen LogP contribution in [0, 0.1) is 0 Å². The van der Waals surface area contributed by atoms with Crippen LogP contribution in [-0.2, 0) is 32.7 Å². The maximum absolute atomic E-state index is 12.7. The number of ether oxygens (including phenoxy) is 2. The van der Waals surface area contributed by atoms with E-state index in [0.717, 1.165) is 38.5 Å². The summed E-state index contributed by atoms with van der Waals surface area (Å²) in [6, 6.07) is 0. The first-order chi connectivity index (χ1) is 28.8. The van der Waals surface area contributed by atoms with Crippen molar-refractivity contribution >= 4 is 19.8 Å². The van der Waals surface area contributed by atoms with Crippen LogP contribution < -0.4 is 4.89 Å². The van der Waals surface area contributed by atoms with E-state index in [1.54, 1.807) is 36.5 Å². The molecule has 0 heterocycles. The molecule has 2 N–H and O–H groups in total. The third-order valence-electron chi connectivity index (χ3n) is 8.77. The van der Waals surface area contributed by atoms with Gasteiger partial charge in [0.05, 0.1) is 40.0 Å². The number of hydrogen-bond donors (Lipinski definition) is 2. The zero-order valence-corrected chi connectivity index (χ0v) is 38.5. The molecule has 0 aliphatic carbocycles. The number of aliphatic hydroxyl groups excluding tert-OH is 2. The van der Waals surface area contributed by atoms with Crippen LogP contribution in [0.15, 0.2) is 97.2 Å². The lowest BCUT2D eigenvalue weighted by atomic mass is 10.1. The predicted molar refractivity (Wildman–Crippen MR) is 243 cm³/mol. The number of aliphatic hydroxyl groups is 2. The number of esters is 2. The highest BCUT2D eigenvalue weighted by Crippen LogP contribution is 2.38. The first-order valence-electron chi connectivity index (χ1n) is 22.2. The van der Waals surface area contributed by atoms with Crippen molar-refractivity contribution in [1.29, 1.82) is 0 Å². The zero-order chi connectivity index (χ0) is 44.6. The summed E-state index contributed by atoms with van der Waals surface area (Å²) in [6.45, 7) is 3.75. The van der Waals surface area contributed by atoms with E-state index in [1.165, 1.54) is 32.1 Å². The largest absolute Gasteiger partial charge is 0.756 e. The Labute approximate surface area is 363 Å². The number of phosphoric ester groups is 1. The molecule has 0 spiro atoms. The lowest BCUT2D eigenvalue weighted by Crippen LogP contribution is -2.37. The summed E-state index contributed by atoms with van der Waals surface area (Å²) < 4.78 is 33.6. The maximum atomic E-state index is 12.7. The van der Waals surface area contributed by atoms with Crippen molar-refractivity contribution in [3.8, 4) is 0 Å². The van der Waals surface area contributed by atoms with Gasteiger partial charge in [-0.05, 0) is 77.0 Å². The fraction of sp³-hybridized carbons (Fsp3) is 0.625. The molecule has 342 valence electrons. The lowest BCUT2D eigenvalue weighted by Gasteiger charge is -2.28. The van der Waals surface area contributed by atoms with Crippen LogP contribution in [0.1, 0.15) is 129 Å². The SMILES string of the molecule is CCCCC/C=C\C/C=C\C/C=C\C/C=C\CCCC(=O)OC[C@H](COP(=O)([O-])OCC[N+](C)(C)C)OC(=O)CCC[C@@H](O)\C=C/C=C/C=C/[C@@H](O)C/C=C\CCCCC. The van der Waals surface area contributed by atoms with Crippen molar-refractivity contribution in [2.45, 2.75) is 148 Å². The van der Waals surface area contributed by atoms with Gasteiger partial charge in [-0.25, -0.2) is 0 Å². The van der Waals surface area contributed by atoms with Gasteiger partial charge < -0.3 is 38.1 Å². The van der Waals surface area contributed by atoms with Crippen molar-refractivity contribution in [1.82, 2.24) is 0 Å². The first-order valence-corrected chi connectivity index (χ1v) is 23.6. The number of nitrogens with zero attached hydrogens (tertiary/aromatic N) is 1. The van der Waals surface area contributed by atoms with Crippen LogP contribution in [0.2, 0.25) is 0 Å². The van der Waals surface area contributed by atoms with E-state index in [-0.39, 0.29) is 32.5 Å². The minimum absolute atomic E-state index is 0.0526. The van der Waals surface area contributed by atoms with E-state index in [4.69, 9.17) is 18.5 Å². The van der Waals surface area contributed by atoms with E-state index in [9.17, 15) is 29.3 Å². The van der Waals surface area contributed by atoms with E-state index in [2.05, 4.69) is 62.5 Å². The Morgan fingerprint density at radius 3 is 1.72 bits per heavy atom. The van der Waals surface area contributed by atoms with Gasteiger partial charge in [-0.3, -0.25) is 14.2 Å². The molecule has 0 aromatic heterocycles. The van der Waals surface area contributed by atoms with Gasteiger partial charge in [-0.15, -0.1) is 0 Å². The number of likely N-dealkylation sites (N-methyl/N-ethyl adjacent to an activating group) is 1. The van der Waals surface area contributed by atoms with Crippen LogP contribution in [0.3, 0.4) is 0 Å². The molecule has 0 amide bonds. The van der Waals surface area contributed by atoms with Crippen molar-refractivity contribution in [2.75, 3.05) is 47.5 Å². The number of allylic oxidation sites excluding steroid dienone is 13. The van der Waals surface area contributed by atoms with Crippen molar-refractivity contribution < 1.29 is 52.3 Å². The highest BCUT2D eigenvalue weighted by molar-refractivity contribution is 7.45. The second kappa shape index (κ2) is 38.7. The minimum atomic E-state index is -4.71. The number of phosphoric acid groups is 1. The molecule has 0 aliphatic rings. The van der Waals surface area contributed by atoms with Gasteiger partial charge in [0.1, 0.15) is 19.8 Å². The molecule has 0 saturated carbocycles. The number of carbonyl (C=O) groups is 2. The monoisotopic (exact) mass is 862 g/mol. The molecule has 11 nitrogen and oxygen atoms in total. The van der Waals surface area contributed by atoms with Crippen molar-refractivity contribution in [3.05, 3.63) is 97.2 Å². The molecule has 12 heteroatoms. The molecular formula is C48H80NO10P. The normalized spacial score (nSPS) is 15.5. The van der Waals surface area contributed by atoms with Gasteiger partial charge >= 0.3 is 11.9 Å². The summed E-state index contributed by atoms with van der Waals surface area (Å²) in [6.07, 6.45) is 43.6. The summed E-state index contributed by atoms with van der Waals surface area (Å²) in [4.78, 5) is 37.5. The Bertz CT molecular complexity index is 1380. The van der Waals surface area contributed by atoms with Gasteiger partial charge in [-0.2, -0.15) is 0 Å².